The molecule has 0 aliphatic carbocycles. The number of amides is 1. The minimum atomic E-state index is -0.521. The summed E-state index contributed by atoms with van der Waals surface area (Å²) in [6, 6.07) is 12.0. The van der Waals surface area contributed by atoms with Gasteiger partial charge in [0, 0.05) is 9.92 Å². The van der Waals surface area contributed by atoms with E-state index >= 15 is 0 Å². The summed E-state index contributed by atoms with van der Waals surface area (Å²) in [6.45, 7) is 0. The van der Waals surface area contributed by atoms with E-state index in [1.807, 2.05) is 30.5 Å². The summed E-state index contributed by atoms with van der Waals surface area (Å²) in [5.41, 5.74) is 3.30. The largest absolute Gasteiger partial charge is 0.507 e. The van der Waals surface area contributed by atoms with Gasteiger partial charge in [-0.25, -0.2) is 5.43 Å². The van der Waals surface area contributed by atoms with E-state index in [0.717, 1.165) is 10.5 Å². The summed E-state index contributed by atoms with van der Waals surface area (Å²) in [5.74, 6) is -0.664. The Morgan fingerprint density at radius 3 is 2.67 bits per heavy atom. The maximum Gasteiger partial charge on any atom is 0.275 e. The van der Waals surface area contributed by atoms with E-state index in [4.69, 9.17) is 11.6 Å². The first-order chi connectivity index (χ1) is 10.1. The highest BCUT2D eigenvalue weighted by Crippen LogP contribution is 2.21. The summed E-state index contributed by atoms with van der Waals surface area (Å²) < 4.78 is 0. The lowest BCUT2D eigenvalue weighted by Crippen LogP contribution is -2.17. The van der Waals surface area contributed by atoms with Crippen molar-refractivity contribution >= 4 is 35.5 Å². The van der Waals surface area contributed by atoms with Crippen LogP contribution in [0.5, 0.6) is 5.75 Å². The minimum Gasteiger partial charge on any atom is -0.507 e. The molecule has 2 N–H and O–H groups in total. The second-order valence-corrected chi connectivity index (χ2v) is 5.45. The summed E-state index contributed by atoms with van der Waals surface area (Å²) >= 11 is 7.44. The van der Waals surface area contributed by atoms with Crippen LogP contribution in [0.25, 0.3) is 0 Å². The fourth-order valence-corrected chi connectivity index (χ4v) is 2.19. The fourth-order valence-electron chi connectivity index (χ4n) is 1.61. The zero-order valence-electron chi connectivity index (χ0n) is 11.2. The normalized spacial score (nSPS) is 10.8. The number of benzene rings is 2. The molecule has 0 spiro atoms. The Bertz CT molecular complexity index is 672. The van der Waals surface area contributed by atoms with Crippen LogP contribution in [-0.2, 0) is 0 Å². The quantitative estimate of drug-likeness (QED) is 0.514. The second-order valence-electron chi connectivity index (χ2n) is 4.13. The van der Waals surface area contributed by atoms with Crippen molar-refractivity contribution in [1.82, 2.24) is 5.43 Å². The third-order valence-corrected chi connectivity index (χ3v) is 3.68. The number of aromatic hydroxyl groups is 1. The average Bonchev–Trinajstić information content (AvgIpc) is 2.50. The lowest BCUT2D eigenvalue weighted by Gasteiger charge is -2.03. The maximum absolute atomic E-state index is 11.9. The van der Waals surface area contributed by atoms with E-state index in [9.17, 15) is 9.90 Å². The molecule has 0 aromatic heterocycles. The van der Waals surface area contributed by atoms with Gasteiger partial charge < -0.3 is 5.11 Å². The van der Waals surface area contributed by atoms with E-state index in [0.29, 0.717) is 5.02 Å². The molecule has 0 atom stereocenters. The Kier molecular flexibility index (Phi) is 5.25. The zero-order chi connectivity index (χ0) is 15.2. The van der Waals surface area contributed by atoms with Gasteiger partial charge in [-0.05, 0) is 42.2 Å². The lowest BCUT2D eigenvalue weighted by molar-refractivity contribution is 0.0952. The number of hydrogen-bond acceptors (Lipinski definition) is 4. The van der Waals surface area contributed by atoms with Gasteiger partial charge in [-0.15, -0.1) is 11.8 Å². The second kappa shape index (κ2) is 7.15. The molecule has 0 aliphatic rings. The number of thioether (sulfide) groups is 1. The zero-order valence-corrected chi connectivity index (χ0v) is 12.8. The standard InChI is InChI=1S/C15H13ClN2O2S/c1-21-12-5-2-10(3-6-12)9-17-18-15(20)13-8-11(16)4-7-14(13)19/h2-9,19H,1H3,(H,18,20). The molecular weight excluding hydrogens is 308 g/mol. The van der Waals surface area contributed by atoms with Crippen LogP contribution in [0.3, 0.4) is 0 Å². The molecule has 6 heteroatoms. The van der Waals surface area contributed by atoms with Crippen molar-refractivity contribution in [2.75, 3.05) is 6.26 Å². The molecule has 0 saturated heterocycles. The fraction of sp³-hybridized carbons (Fsp3) is 0.0667. The van der Waals surface area contributed by atoms with Gasteiger partial charge in [-0.1, -0.05) is 23.7 Å². The highest BCUT2D eigenvalue weighted by molar-refractivity contribution is 7.98. The first-order valence-corrected chi connectivity index (χ1v) is 7.66. The Hall–Kier alpha value is -1.98. The van der Waals surface area contributed by atoms with Crippen LogP contribution in [0.2, 0.25) is 5.02 Å². The molecule has 108 valence electrons. The average molecular weight is 321 g/mol. The molecule has 1 amide bonds. The van der Waals surface area contributed by atoms with Crippen molar-refractivity contribution in [3.63, 3.8) is 0 Å². The molecule has 2 rings (SSSR count). The van der Waals surface area contributed by atoms with Crippen LogP contribution >= 0.6 is 23.4 Å². The molecule has 0 fully saturated rings. The Labute approximate surface area is 131 Å². The number of carbonyl (C=O) groups excluding carboxylic acids is 1. The monoisotopic (exact) mass is 320 g/mol. The first kappa shape index (κ1) is 15.4. The minimum absolute atomic E-state index is 0.0809. The number of rotatable bonds is 4. The molecule has 0 heterocycles. The van der Waals surface area contributed by atoms with E-state index < -0.39 is 5.91 Å². The van der Waals surface area contributed by atoms with Gasteiger partial charge in [0.2, 0.25) is 0 Å². The Morgan fingerprint density at radius 2 is 2.00 bits per heavy atom. The van der Waals surface area contributed by atoms with Crippen LogP contribution in [0.15, 0.2) is 52.5 Å². The highest BCUT2D eigenvalue weighted by atomic mass is 35.5. The number of hydrazone groups is 1. The van der Waals surface area contributed by atoms with Crippen LogP contribution < -0.4 is 5.43 Å². The number of halogens is 1. The van der Waals surface area contributed by atoms with Gasteiger partial charge in [0.1, 0.15) is 5.75 Å². The molecule has 0 unspecified atom stereocenters. The lowest BCUT2D eigenvalue weighted by atomic mass is 10.2. The maximum atomic E-state index is 11.9. The number of phenols is 1. The van der Waals surface area contributed by atoms with E-state index in [1.165, 1.54) is 24.4 Å². The summed E-state index contributed by atoms with van der Waals surface area (Å²) in [5, 5.41) is 13.8. The number of carbonyl (C=O) groups is 1. The molecular formula is C15H13ClN2O2S. The molecule has 0 aliphatic heterocycles. The summed E-state index contributed by atoms with van der Waals surface area (Å²) in [4.78, 5) is 13.0. The van der Waals surface area contributed by atoms with Crippen molar-refractivity contribution in [2.24, 2.45) is 5.10 Å². The van der Waals surface area contributed by atoms with E-state index in [-0.39, 0.29) is 11.3 Å². The van der Waals surface area contributed by atoms with Crippen molar-refractivity contribution in [3.05, 3.63) is 58.6 Å². The van der Waals surface area contributed by atoms with E-state index in [1.54, 1.807) is 11.8 Å². The van der Waals surface area contributed by atoms with Crippen molar-refractivity contribution in [3.8, 4) is 5.75 Å². The number of phenolic OH excluding ortho intramolecular Hbond substituents is 1. The van der Waals surface area contributed by atoms with Gasteiger partial charge >= 0.3 is 0 Å². The van der Waals surface area contributed by atoms with Gasteiger partial charge in [-0.3, -0.25) is 4.79 Å². The summed E-state index contributed by atoms with van der Waals surface area (Å²) in [7, 11) is 0. The third-order valence-electron chi connectivity index (χ3n) is 2.70. The van der Waals surface area contributed by atoms with Gasteiger partial charge in [0.15, 0.2) is 0 Å². The van der Waals surface area contributed by atoms with Crippen LogP contribution in [0, 0.1) is 0 Å². The SMILES string of the molecule is CSc1ccc(C=NNC(=O)c2cc(Cl)ccc2O)cc1. The molecule has 0 bridgehead atoms. The van der Waals surface area contributed by atoms with Gasteiger partial charge in [0.25, 0.3) is 5.91 Å². The van der Waals surface area contributed by atoms with Gasteiger partial charge in [0.05, 0.1) is 11.8 Å². The predicted molar refractivity (Wildman–Crippen MR) is 86.4 cm³/mol. The number of hydrogen-bond donors (Lipinski definition) is 2. The van der Waals surface area contributed by atoms with Crippen LogP contribution in [0.4, 0.5) is 0 Å². The van der Waals surface area contributed by atoms with Crippen LogP contribution in [0.1, 0.15) is 15.9 Å². The molecule has 2 aromatic carbocycles. The number of nitrogens with one attached hydrogen (secondary N) is 1. The molecule has 21 heavy (non-hydrogen) atoms. The first-order valence-electron chi connectivity index (χ1n) is 6.06. The third kappa shape index (κ3) is 4.24. The molecule has 4 nitrogen and oxygen atoms in total. The highest BCUT2D eigenvalue weighted by Gasteiger charge is 2.10. The van der Waals surface area contributed by atoms with Crippen molar-refractivity contribution in [1.29, 1.82) is 0 Å². The van der Waals surface area contributed by atoms with Crippen molar-refractivity contribution in [2.45, 2.75) is 4.90 Å². The molecule has 0 saturated carbocycles. The molecule has 0 radical (unpaired) electrons. The smallest absolute Gasteiger partial charge is 0.275 e. The van der Waals surface area contributed by atoms with E-state index in [2.05, 4.69) is 10.5 Å². The van der Waals surface area contributed by atoms with Gasteiger partial charge in [-0.2, -0.15) is 5.10 Å². The summed E-state index contributed by atoms with van der Waals surface area (Å²) in [6.07, 6.45) is 3.53. The Balaban J connectivity index is 2.02. The topological polar surface area (TPSA) is 61.7 Å². The van der Waals surface area contributed by atoms with Crippen LogP contribution in [-0.4, -0.2) is 23.5 Å². The number of nitrogens with zero attached hydrogens (tertiary/aromatic N) is 1. The Morgan fingerprint density at radius 1 is 1.29 bits per heavy atom. The van der Waals surface area contributed by atoms with Crippen molar-refractivity contribution < 1.29 is 9.90 Å². The molecule has 2 aromatic rings. The predicted octanol–water partition coefficient (Wildman–Crippen LogP) is 3.53.